The van der Waals surface area contributed by atoms with E-state index in [0.29, 0.717) is 29.9 Å². The summed E-state index contributed by atoms with van der Waals surface area (Å²) in [6, 6.07) is 14.2. The van der Waals surface area contributed by atoms with Gasteiger partial charge in [-0.25, -0.2) is 0 Å². The zero-order chi connectivity index (χ0) is 16.8. The number of nitrogens with one attached hydrogen (secondary N) is 1. The first-order valence-corrected chi connectivity index (χ1v) is 8.31. The molecule has 1 N–H and O–H groups in total. The molecule has 4 nitrogen and oxygen atoms in total. The van der Waals surface area contributed by atoms with Gasteiger partial charge in [0.05, 0.1) is 5.69 Å². The summed E-state index contributed by atoms with van der Waals surface area (Å²) in [5.41, 5.74) is 1.67. The molecular weight excluding hydrogens is 356 g/mol. The van der Waals surface area contributed by atoms with Crippen LogP contribution in [-0.4, -0.2) is 29.8 Å². The fraction of sp³-hybridized carbons (Fsp3) is 0.222. The molecule has 0 bridgehead atoms. The van der Waals surface area contributed by atoms with Crippen LogP contribution in [0.15, 0.2) is 53.0 Å². The van der Waals surface area contributed by atoms with E-state index in [4.69, 9.17) is 0 Å². The second kappa shape index (κ2) is 7.92. The van der Waals surface area contributed by atoms with Crippen molar-refractivity contribution in [2.24, 2.45) is 0 Å². The minimum absolute atomic E-state index is 0.0643. The molecule has 0 spiro atoms. The first kappa shape index (κ1) is 17.2. The number of amides is 2. The molecule has 5 heteroatoms. The lowest BCUT2D eigenvalue weighted by Gasteiger charge is -2.18. The predicted octanol–water partition coefficient (Wildman–Crippen LogP) is 4.18. The summed E-state index contributed by atoms with van der Waals surface area (Å²) in [4.78, 5) is 26.5. The molecule has 120 valence electrons. The van der Waals surface area contributed by atoms with Crippen molar-refractivity contribution in [2.75, 3.05) is 18.4 Å². The summed E-state index contributed by atoms with van der Waals surface area (Å²) >= 11 is 3.40. The lowest BCUT2D eigenvalue weighted by molar-refractivity contribution is 0.0773. The Balaban J connectivity index is 2.21. The molecule has 0 aliphatic carbocycles. The molecule has 0 radical (unpaired) electrons. The molecule has 0 fully saturated rings. The van der Waals surface area contributed by atoms with E-state index in [0.717, 1.165) is 4.47 Å². The van der Waals surface area contributed by atoms with Gasteiger partial charge >= 0.3 is 0 Å². The van der Waals surface area contributed by atoms with Crippen LogP contribution in [0.5, 0.6) is 0 Å². The second-order valence-electron chi connectivity index (χ2n) is 4.99. The molecular formula is C18H19BrN2O2. The molecule has 0 heterocycles. The molecule has 0 aromatic heterocycles. The predicted molar refractivity (Wildman–Crippen MR) is 95.8 cm³/mol. The number of hydrogen-bond donors (Lipinski definition) is 1. The first-order chi connectivity index (χ1) is 11.1. The lowest BCUT2D eigenvalue weighted by atomic mass is 10.1. The van der Waals surface area contributed by atoms with Crippen LogP contribution < -0.4 is 5.32 Å². The average Bonchev–Trinajstić information content (AvgIpc) is 2.58. The first-order valence-electron chi connectivity index (χ1n) is 7.52. The Kier molecular flexibility index (Phi) is 5.93. The topological polar surface area (TPSA) is 49.4 Å². The van der Waals surface area contributed by atoms with Gasteiger partial charge in [0.15, 0.2) is 0 Å². The fourth-order valence-corrected chi connectivity index (χ4v) is 2.63. The summed E-state index contributed by atoms with van der Waals surface area (Å²) in [6.45, 7) is 5.15. The molecule has 2 aromatic carbocycles. The van der Waals surface area contributed by atoms with Gasteiger partial charge in [0.2, 0.25) is 0 Å². The monoisotopic (exact) mass is 374 g/mol. The summed E-state index contributed by atoms with van der Waals surface area (Å²) in [5.74, 6) is -0.309. The molecule has 0 aliphatic rings. The van der Waals surface area contributed by atoms with Crippen LogP contribution in [0.25, 0.3) is 0 Å². The number of nitrogens with zero attached hydrogens (tertiary/aromatic N) is 1. The number of rotatable bonds is 5. The van der Waals surface area contributed by atoms with E-state index in [-0.39, 0.29) is 11.8 Å². The van der Waals surface area contributed by atoms with Crippen molar-refractivity contribution in [1.29, 1.82) is 0 Å². The highest BCUT2D eigenvalue weighted by molar-refractivity contribution is 9.10. The van der Waals surface area contributed by atoms with Crippen molar-refractivity contribution in [3.05, 3.63) is 64.1 Å². The Morgan fingerprint density at radius 3 is 2.30 bits per heavy atom. The number of carbonyl (C=O) groups excluding carboxylic acids is 2. The largest absolute Gasteiger partial charge is 0.339 e. The Hall–Kier alpha value is -2.14. The SMILES string of the molecule is CCN(CC)C(=O)c1cccc(C(=O)Nc2ccccc2Br)c1. The van der Waals surface area contributed by atoms with Gasteiger partial charge in [0.25, 0.3) is 11.8 Å². The van der Waals surface area contributed by atoms with Gasteiger partial charge in [0, 0.05) is 28.7 Å². The van der Waals surface area contributed by atoms with Gasteiger partial charge < -0.3 is 10.2 Å². The van der Waals surface area contributed by atoms with Crippen LogP contribution in [0.4, 0.5) is 5.69 Å². The maximum Gasteiger partial charge on any atom is 0.255 e. The Labute approximate surface area is 144 Å². The smallest absolute Gasteiger partial charge is 0.255 e. The Morgan fingerprint density at radius 1 is 1.00 bits per heavy atom. The van der Waals surface area contributed by atoms with Gasteiger partial charge in [-0.2, -0.15) is 0 Å². The number of carbonyl (C=O) groups is 2. The third-order valence-electron chi connectivity index (χ3n) is 3.54. The second-order valence-corrected chi connectivity index (χ2v) is 5.85. The van der Waals surface area contributed by atoms with Crippen LogP contribution in [0.2, 0.25) is 0 Å². The molecule has 0 saturated carbocycles. The maximum atomic E-state index is 12.4. The van der Waals surface area contributed by atoms with Crippen LogP contribution >= 0.6 is 15.9 Å². The average molecular weight is 375 g/mol. The van der Waals surface area contributed by atoms with E-state index < -0.39 is 0 Å². The molecule has 2 aromatic rings. The molecule has 0 saturated heterocycles. The van der Waals surface area contributed by atoms with E-state index in [1.165, 1.54) is 0 Å². The third kappa shape index (κ3) is 4.20. The molecule has 0 atom stereocenters. The van der Waals surface area contributed by atoms with Gasteiger partial charge in [0.1, 0.15) is 0 Å². The van der Waals surface area contributed by atoms with Crippen molar-refractivity contribution in [3.63, 3.8) is 0 Å². The van der Waals surface area contributed by atoms with Crippen molar-refractivity contribution in [1.82, 2.24) is 4.90 Å². The minimum Gasteiger partial charge on any atom is -0.339 e. The van der Waals surface area contributed by atoms with Crippen molar-refractivity contribution >= 4 is 33.4 Å². The minimum atomic E-state index is -0.244. The van der Waals surface area contributed by atoms with E-state index >= 15 is 0 Å². The number of halogens is 1. The van der Waals surface area contributed by atoms with Gasteiger partial charge in [-0.15, -0.1) is 0 Å². The highest BCUT2D eigenvalue weighted by Gasteiger charge is 2.15. The van der Waals surface area contributed by atoms with Gasteiger partial charge in [-0.1, -0.05) is 18.2 Å². The molecule has 2 rings (SSSR count). The van der Waals surface area contributed by atoms with Crippen LogP contribution in [0.1, 0.15) is 34.6 Å². The fourth-order valence-electron chi connectivity index (χ4n) is 2.24. The Morgan fingerprint density at radius 2 is 1.65 bits per heavy atom. The molecule has 0 aliphatic heterocycles. The van der Waals surface area contributed by atoms with Crippen LogP contribution in [-0.2, 0) is 0 Å². The van der Waals surface area contributed by atoms with Crippen molar-refractivity contribution < 1.29 is 9.59 Å². The highest BCUT2D eigenvalue weighted by atomic mass is 79.9. The standard InChI is InChI=1S/C18H19BrN2O2/c1-3-21(4-2)18(23)14-9-7-8-13(12-14)17(22)20-16-11-6-5-10-15(16)19/h5-12H,3-4H2,1-2H3,(H,20,22). The summed E-state index contributed by atoms with van der Waals surface area (Å²) in [6.07, 6.45) is 0. The van der Waals surface area contributed by atoms with Crippen molar-refractivity contribution in [3.8, 4) is 0 Å². The van der Waals surface area contributed by atoms with E-state index in [1.807, 2.05) is 38.1 Å². The highest BCUT2D eigenvalue weighted by Crippen LogP contribution is 2.22. The number of benzene rings is 2. The summed E-state index contributed by atoms with van der Waals surface area (Å²) in [7, 11) is 0. The molecule has 2 amide bonds. The third-order valence-corrected chi connectivity index (χ3v) is 4.24. The summed E-state index contributed by atoms with van der Waals surface area (Å²) in [5, 5.41) is 2.84. The van der Waals surface area contributed by atoms with Gasteiger partial charge in [-0.3, -0.25) is 9.59 Å². The normalized spacial score (nSPS) is 10.2. The quantitative estimate of drug-likeness (QED) is 0.852. The van der Waals surface area contributed by atoms with Crippen LogP contribution in [0.3, 0.4) is 0 Å². The number of para-hydroxylation sites is 1. The summed E-state index contributed by atoms with van der Waals surface area (Å²) < 4.78 is 0.809. The number of hydrogen-bond acceptors (Lipinski definition) is 2. The zero-order valence-electron chi connectivity index (χ0n) is 13.2. The van der Waals surface area contributed by atoms with E-state index in [2.05, 4.69) is 21.2 Å². The Bertz CT molecular complexity index is 712. The van der Waals surface area contributed by atoms with E-state index in [9.17, 15) is 9.59 Å². The van der Waals surface area contributed by atoms with Crippen molar-refractivity contribution in [2.45, 2.75) is 13.8 Å². The molecule has 0 unspecified atom stereocenters. The van der Waals surface area contributed by atoms with E-state index in [1.54, 1.807) is 29.2 Å². The van der Waals surface area contributed by atoms with Gasteiger partial charge in [-0.05, 0) is 60.1 Å². The van der Waals surface area contributed by atoms with Crippen LogP contribution in [0, 0.1) is 0 Å². The molecule has 23 heavy (non-hydrogen) atoms. The zero-order valence-corrected chi connectivity index (χ0v) is 14.8. The maximum absolute atomic E-state index is 12.4. The lowest BCUT2D eigenvalue weighted by Crippen LogP contribution is -2.30. The number of anilines is 1.